The zero-order valence-corrected chi connectivity index (χ0v) is 18.6. The van der Waals surface area contributed by atoms with E-state index in [1.165, 1.54) is 33.5 Å². The first kappa shape index (κ1) is 22.0. The Morgan fingerprint density at radius 1 is 0.818 bits per heavy atom. The van der Waals surface area contributed by atoms with Gasteiger partial charge in [0, 0.05) is 5.56 Å². The minimum Gasteiger partial charge on any atom is -0.493 e. The zero-order chi connectivity index (χ0) is 23.5. The summed E-state index contributed by atoms with van der Waals surface area (Å²) in [7, 11) is 4.35. The fourth-order valence-electron chi connectivity index (χ4n) is 3.51. The lowest BCUT2D eigenvalue weighted by molar-refractivity contribution is 0.0730. The average molecular weight is 446 g/mol. The summed E-state index contributed by atoms with van der Waals surface area (Å²) in [4.78, 5) is 26.5. The predicted octanol–water partition coefficient (Wildman–Crippen LogP) is 5.01. The van der Waals surface area contributed by atoms with Crippen LogP contribution in [0.1, 0.15) is 15.9 Å². The number of aryl methyl sites for hydroxylation is 1. The van der Waals surface area contributed by atoms with Gasteiger partial charge in [-0.05, 0) is 36.8 Å². The topological polar surface area (TPSA) is 84.2 Å². The number of benzene rings is 3. The number of carbonyl (C=O) groups is 1. The molecule has 4 rings (SSSR count). The molecule has 0 amide bonds. The lowest BCUT2D eigenvalue weighted by Gasteiger charge is -2.14. The van der Waals surface area contributed by atoms with E-state index in [1.54, 1.807) is 42.5 Å². The third-order valence-corrected chi connectivity index (χ3v) is 5.14. The van der Waals surface area contributed by atoms with Gasteiger partial charge in [-0.3, -0.25) is 4.79 Å². The molecule has 7 heteroatoms. The molecule has 0 saturated heterocycles. The fourth-order valence-corrected chi connectivity index (χ4v) is 3.51. The van der Waals surface area contributed by atoms with Crippen LogP contribution in [-0.4, -0.2) is 27.3 Å². The molecule has 0 spiro atoms. The molecule has 3 aromatic carbocycles. The largest absolute Gasteiger partial charge is 0.493 e. The number of hydrogen-bond donors (Lipinski definition) is 0. The highest BCUT2D eigenvalue weighted by atomic mass is 16.5. The zero-order valence-electron chi connectivity index (χ0n) is 18.6. The number of rotatable bonds is 6. The van der Waals surface area contributed by atoms with Crippen LogP contribution in [0.3, 0.4) is 0 Å². The van der Waals surface area contributed by atoms with Crippen LogP contribution in [0.2, 0.25) is 0 Å². The molecular formula is C26H22O7. The molecular weight excluding hydrogens is 424 g/mol. The Morgan fingerprint density at radius 3 is 2.09 bits per heavy atom. The van der Waals surface area contributed by atoms with Gasteiger partial charge in [0.25, 0.3) is 0 Å². The van der Waals surface area contributed by atoms with Crippen LogP contribution in [-0.2, 0) is 0 Å². The summed E-state index contributed by atoms with van der Waals surface area (Å²) in [6, 6.07) is 17.1. The standard InChI is InChI=1S/C26H22O7/c1-15-10-11-18-19(12-15)32-23(16-8-6-5-7-9-16)25(22(18)27)33-26(28)17-13-20(29-2)24(31-4)21(14-17)30-3/h5-14H,1-4H3. The van der Waals surface area contributed by atoms with E-state index in [0.29, 0.717) is 22.3 Å². The number of carbonyl (C=O) groups excluding carboxylic acids is 1. The van der Waals surface area contributed by atoms with E-state index in [-0.39, 0.29) is 28.6 Å². The lowest BCUT2D eigenvalue weighted by atomic mass is 10.1. The van der Waals surface area contributed by atoms with Crippen molar-refractivity contribution in [2.75, 3.05) is 21.3 Å². The van der Waals surface area contributed by atoms with Gasteiger partial charge in [0.2, 0.25) is 16.9 Å². The number of hydrogen-bond acceptors (Lipinski definition) is 7. The van der Waals surface area contributed by atoms with Gasteiger partial charge in [-0.2, -0.15) is 0 Å². The van der Waals surface area contributed by atoms with Crippen molar-refractivity contribution < 1.29 is 28.2 Å². The van der Waals surface area contributed by atoms with Gasteiger partial charge in [0.05, 0.1) is 32.3 Å². The second-order valence-electron chi connectivity index (χ2n) is 7.26. The van der Waals surface area contributed by atoms with Crippen LogP contribution >= 0.6 is 0 Å². The number of methoxy groups -OCH3 is 3. The summed E-state index contributed by atoms with van der Waals surface area (Å²) in [5.74, 6) is 0.101. The normalized spacial score (nSPS) is 10.7. The Hall–Kier alpha value is -4.26. The maximum Gasteiger partial charge on any atom is 0.344 e. The summed E-state index contributed by atoms with van der Waals surface area (Å²) in [6.07, 6.45) is 0. The predicted molar refractivity (Wildman–Crippen MR) is 124 cm³/mol. The molecule has 0 radical (unpaired) electrons. The van der Waals surface area contributed by atoms with Crippen molar-refractivity contribution in [1.82, 2.24) is 0 Å². The highest BCUT2D eigenvalue weighted by Gasteiger charge is 2.23. The molecule has 0 unspecified atom stereocenters. The highest BCUT2D eigenvalue weighted by Crippen LogP contribution is 2.39. The first-order chi connectivity index (χ1) is 16.0. The van der Waals surface area contributed by atoms with Crippen molar-refractivity contribution in [3.63, 3.8) is 0 Å². The Bertz CT molecular complexity index is 1360. The van der Waals surface area contributed by atoms with E-state index in [4.69, 9.17) is 23.4 Å². The Labute approximate surface area is 190 Å². The van der Waals surface area contributed by atoms with E-state index in [2.05, 4.69) is 0 Å². The van der Waals surface area contributed by atoms with Gasteiger partial charge in [-0.1, -0.05) is 36.4 Å². The van der Waals surface area contributed by atoms with Gasteiger partial charge in [-0.15, -0.1) is 0 Å². The lowest BCUT2D eigenvalue weighted by Crippen LogP contribution is -2.16. The van der Waals surface area contributed by atoms with Gasteiger partial charge >= 0.3 is 5.97 Å². The van der Waals surface area contributed by atoms with Crippen LogP contribution in [0.4, 0.5) is 0 Å². The van der Waals surface area contributed by atoms with E-state index in [9.17, 15) is 9.59 Å². The third-order valence-electron chi connectivity index (χ3n) is 5.14. The van der Waals surface area contributed by atoms with Crippen LogP contribution < -0.4 is 24.4 Å². The summed E-state index contributed by atoms with van der Waals surface area (Å²) >= 11 is 0. The van der Waals surface area contributed by atoms with Gasteiger partial charge in [0.1, 0.15) is 5.58 Å². The van der Waals surface area contributed by atoms with Crippen molar-refractivity contribution >= 4 is 16.9 Å². The van der Waals surface area contributed by atoms with Crippen molar-refractivity contribution in [1.29, 1.82) is 0 Å². The molecule has 4 aromatic rings. The van der Waals surface area contributed by atoms with Crippen molar-refractivity contribution in [2.45, 2.75) is 6.92 Å². The molecule has 7 nitrogen and oxygen atoms in total. The summed E-state index contributed by atoms with van der Waals surface area (Å²) < 4.78 is 27.6. The first-order valence-electron chi connectivity index (χ1n) is 10.1. The fraction of sp³-hybridized carbons (Fsp3) is 0.154. The maximum absolute atomic E-state index is 13.3. The maximum atomic E-state index is 13.3. The van der Waals surface area contributed by atoms with E-state index >= 15 is 0 Å². The molecule has 33 heavy (non-hydrogen) atoms. The monoisotopic (exact) mass is 446 g/mol. The Morgan fingerprint density at radius 2 is 1.48 bits per heavy atom. The van der Waals surface area contributed by atoms with E-state index in [1.807, 2.05) is 13.0 Å². The van der Waals surface area contributed by atoms with Gasteiger partial charge < -0.3 is 23.4 Å². The minimum absolute atomic E-state index is 0.118. The first-order valence-corrected chi connectivity index (χ1v) is 10.1. The molecule has 0 fully saturated rings. The molecule has 0 aliphatic heterocycles. The molecule has 0 saturated carbocycles. The molecule has 0 N–H and O–H groups in total. The molecule has 1 aromatic heterocycles. The Kier molecular flexibility index (Phi) is 6.04. The number of ether oxygens (including phenoxy) is 4. The molecule has 0 aliphatic carbocycles. The van der Waals surface area contributed by atoms with Crippen LogP contribution in [0, 0.1) is 6.92 Å². The van der Waals surface area contributed by atoms with Gasteiger partial charge in [0.15, 0.2) is 17.3 Å². The highest BCUT2D eigenvalue weighted by molar-refractivity contribution is 5.94. The summed E-state index contributed by atoms with van der Waals surface area (Å²) in [6.45, 7) is 1.90. The van der Waals surface area contributed by atoms with Crippen LogP contribution in [0.15, 0.2) is 69.9 Å². The van der Waals surface area contributed by atoms with E-state index < -0.39 is 11.4 Å². The molecule has 1 heterocycles. The van der Waals surface area contributed by atoms with Crippen molar-refractivity contribution in [3.8, 4) is 34.3 Å². The average Bonchev–Trinajstić information content (AvgIpc) is 2.84. The number of esters is 1. The Balaban J connectivity index is 1.86. The second kappa shape index (κ2) is 9.08. The van der Waals surface area contributed by atoms with E-state index in [0.717, 1.165) is 5.56 Å². The molecule has 0 atom stereocenters. The molecule has 0 bridgehead atoms. The summed E-state index contributed by atoms with van der Waals surface area (Å²) in [5, 5.41) is 0.313. The SMILES string of the molecule is COc1cc(C(=O)Oc2c(-c3ccccc3)oc3cc(C)ccc3c2=O)cc(OC)c1OC. The molecule has 168 valence electrons. The van der Waals surface area contributed by atoms with Gasteiger partial charge in [-0.25, -0.2) is 4.79 Å². The quantitative estimate of drug-likeness (QED) is 0.385. The van der Waals surface area contributed by atoms with Crippen molar-refractivity contribution in [3.05, 3.63) is 82.0 Å². The van der Waals surface area contributed by atoms with Crippen LogP contribution in [0.5, 0.6) is 23.0 Å². The number of fused-ring (bicyclic) bond motifs is 1. The minimum atomic E-state index is -0.773. The summed E-state index contributed by atoms with van der Waals surface area (Å²) in [5.41, 5.74) is 1.62. The second-order valence-corrected chi connectivity index (χ2v) is 7.26. The third kappa shape index (κ3) is 4.13. The smallest absolute Gasteiger partial charge is 0.344 e. The molecule has 0 aliphatic rings. The van der Waals surface area contributed by atoms with Crippen molar-refractivity contribution in [2.24, 2.45) is 0 Å². The van der Waals surface area contributed by atoms with Crippen LogP contribution in [0.25, 0.3) is 22.3 Å².